The molecule has 0 aromatic carbocycles. The highest BCUT2D eigenvalue weighted by Gasteiger charge is 2.34. The molecule has 2 rings (SSSR count). The van der Waals surface area contributed by atoms with E-state index in [2.05, 4.69) is 15.3 Å². The molecule has 6 heteroatoms. The molecular weight excluding hydrogens is 228 g/mol. The minimum absolute atomic E-state index is 0.163. The quantitative estimate of drug-likeness (QED) is 0.782. The molecule has 1 heterocycles. The summed E-state index contributed by atoms with van der Waals surface area (Å²) in [4.78, 5) is 19.4. The number of nitrogens with zero attached hydrogens (tertiary/aromatic N) is 2. The number of hydrogen-bond donors (Lipinski definition) is 2. The Morgan fingerprint density at radius 2 is 2.38 bits per heavy atom. The first-order valence-electron chi connectivity index (χ1n) is 5.15. The fourth-order valence-corrected chi connectivity index (χ4v) is 1.83. The number of carbonyl (C=O) groups excluding carboxylic acids is 1. The Hall–Kier alpha value is -1.20. The van der Waals surface area contributed by atoms with Crippen LogP contribution in [0.2, 0.25) is 5.15 Å². The summed E-state index contributed by atoms with van der Waals surface area (Å²) in [7, 11) is 0. The molecule has 1 saturated carbocycles. The maximum atomic E-state index is 11.6. The monoisotopic (exact) mass is 240 g/mol. The molecule has 86 valence electrons. The van der Waals surface area contributed by atoms with E-state index < -0.39 is 0 Å². The van der Waals surface area contributed by atoms with Gasteiger partial charge in [-0.2, -0.15) is 0 Å². The van der Waals surface area contributed by atoms with Crippen LogP contribution in [0.5, 0.6) is 0 Å². The molecule has 16 heavy (non-hydrogen) atoms. The molecule has 1 amide bonds. The van der Waals surface area contributed by atoms with E-state index in [0.29, 0.717) is 11.6 Å². The van der Waals surface area contributed by atoms with Gasteiger partial charge in [0.15, 0.2) is 0 Å². The van der Waals surface area contributed by atoms with Gasteiger partial charge in [-0.25, -0.2) is 9.97 Å². The lowest BCUT2D eigenvalue weighted by molar-refractivity contribution is -0.118. The number of carbonyl (C=O) groups is 1. The molecule has 5 nitrogen and oxygen atoms in total. The van der Waals surface area contributed by atoms with Crippen LogP contribution in [0.15, 0.2) is 12.3 Å². The first-order valence-corrected chi connectivity index (χ1v) is 5.52. The topological polar surface area (TPSA) is 80.9 Å². The number of rotatable bonds is 3. The maximum absolute atomic E-state index is 11.6. The van der Waals surface area contributed by atoms with E-state index in [1.165, 1.54) is 6.20 Å². The van der Waals surface area contributed by atoms with Gasteiger partial charge in [0.1, 0.15) is 5.15 Å². The Morgan fingerprint density at radius 1 is 1.62 bits per heavy atom. The molecular formula is C10H13ClN4O. The van der Waals surface area contributed by atoms with Gasteiger partial charge in [-0.05, 0) is 25.3 Å². The van der Waals surface area contributed by atoms with Crippen molar-refractivity contribution in [2.24, 2.45) is 5.73 Å². The van der Waals surface area contributed by atoms with E-state index in [9.17, 15) is 4.79 Å². The molecule has 0 spiro atoms. The highest BCUT2D eigenvalue weighted by atomic mass is 35.5. The third kappa shape index (κ3) is 2.68. The van der Waals surface area contributed by atoms with Crippen molar-refractivity contribution >= 4 is 23.5 Å². The maximum Gasteiger partial charge on any atom is 0.230 e. The van der Waals surface area contributed by atoms with E-state index in [-0.39, 0.29) is 17.4 Å². The lowest BCUT2D eigenvalue weighted by Crippen LogP contribution is -2.49. The summed E-state index contributed by atoms with van der Waals surface area (Å²) in [5.41, 5.74) is 5.63. The van der Waals surface area contributed by atoms with Crippen molar-refractivity contribution in [1.82, 2.24) is 9.97 Å². The van der Waals surface area contributed by atoms with Gasteiger partial charge in [-0.3, -0.25) is 10.1 Å². The third-order valence-corrected chi connectivity index (χ3v) is 2.95. The van der Waals surface area contributed by atoms with Crippen molar-refractivity contribution in [2.75, 3.05) is 5.32 Å². The van der Waals surface area contributed by atoms with Crippen molar-refractivity contribution in [1.29, 1.82) is 0 Å². The van der Waals surface area contributed by atoms with Crippen molar-refractivity contribution in [3.8, 4) is 0 Å². The summed E-state index contributed by atoms with van der Waals surface area (Å²) in [5.74, 6) is 0.0601. The molecule has 0 saturated heterocycles. The van der Waals surface area contributed by atoms with E-state index >= 15 is 0 Å². The largest absolute Gasteiger partial charge is 0.325 e. The predicted molar refractivity (Wildman–Crippen MR) is 61.1 cm³/mol. The Morgan fingerprint density at radius 3 is 2.94 bits per heavy atom. The number of halogens is 1. The molecule has 0 bridgehead atoms. The van der Waals surface area contributed by atoms with Gasteiger partial charge in [-0.1, -0.05) is 11.6 Å². The molecule has 0 radical (unpaired) electrons. The van der Waals surface area contributed by atoms with E-state index in [0.717, 1.165) is 19.3 Å². The number of nitrogens with two attached hydrogens (primary N) is 1. The smallest absolute Gasteiger partial charge is 0.230 e. The summed E-state index contributed by atoms with van der Waals surface area (Å²) in [6.07, 6.45) is 4.69. The summed E-state index contributed by atoms with van der Waals surface area (Å²) >= 11 is 5.67. The standard InChI is InChI=1S/C10H13ClN4O/c11-7-2-5-13-9(14-7)15-8(16)6-10(12)3-1-4-10/h2,5H,1,3-4,6,12H2,(H,13,14,15,16). The van der Waals surface area contributed by atoms with Crippen LogP contribution in [-0.2, 0) is 4.79 Å². The third-order valence-electron chi connectivity index (χ3n) is 2.73. The van der Waals surface area contributed by atoms with Gasteiger partial charge in [0.2, 0.25) is 11.9 Å². The van der Waals surface area contributed by atoms with Gasteiger partial charge >= 0.3 is 0 Å². The molecule has 0 unspecified atom stereocenters. The summed E-state index contributed by atoms with van der Waals surface area (Å²) in [6.45, 7) is 0. The molecule has 0 aliphatic heterocycles. The number of hydrogen-bond acceptors (Lipinski definition) is 4. The lowest BCUT2D eigenvalue weighted by atomic mass is 9.75. The average Bonchev–Trinajstić information content (AvgIpc) is 2.15. The Labute approximate surface area is 98.4 Å². The van der Waals surface area contributed by atoms with Crippen LogP contribution >= 0.6 is 11.6 Å². The highest BCUT2D eigenvalue weighted by molar-refractivity contribution is 6.29. The number of amides is 1. The van der Waals surface area contributed by atoms with Gasteiger partial charge in [0.05, 0.1) is 0 Å². The SMILES string of the molecule is NC1(CC(=O)Nc2nccc(Cl)n2)CCC1. The van der Waals surface area contributed by atoms with E-state index in [1.807, 2.05) is 0 Å². The van der Waals surface area contributed by atoms with Crippen LogP contribution < -0.4 is 11.1 Å². The van der Waals surface area contributed by atoms with Gasteiger partial charge in [0.25, 0.3) is 0 Å². The number of aromatic nitrogens is 2. The van der Waals surface area contributed by atoms with Crippen LogP contribution in [-0.4, -0.2) is 21.4 Å². The second-order valence-electron chi connectivity index (χ2n) is 4.14. The minimum Gasteiger partial charge on any atom is -0.325 e. The van der Waals surface area contributed by atoms with Crippen LogP contribution in [0.1, 0.15) is 25.7 Å². The zero-order valence-electron chi connectivity index (χ0n) is 8.74. The molecule has 3 N–H and O–H groups in total. The van der Waals surface area contributed by atoms with Gasteiger partial charge in [0, 0.05) is 18.2 Å². The fourth-order valence-electron chi connectivity index (χ4n) is 1.69. The summed E-state index contributed by atoms with van der Waals surface area (Å²) < 4.78 is 0. The molecule has 0 atom stereocenters. The molecule has 1 fully saturated rings. The summed E-state index contributed by atoms with van der Waals surface area (Å²) in [5, 5.41) is 2.88. The van der Waals surface area contributed by atoms with Gasteiger partial charge in [-0.15, -0.1) is 0 Å². The van der Waals surface area contributed by atoms with Crippen molar-refractivity contribution < 1.29 is 4.79 Å². The molecule has 1 aliphatic carbocycles. The molecule has 1 aromatic heterocycles. The van der Waals surface area contributed by atoms with E-state index in [1.54, 1.807) is 6.07 Å². The van der Waals surface area contributed by atoms with Crippen molar-refractivity contribution in [3.63, 3.8) is 0 Å². The number of anilines is 1. The zero-order valence-corrected chi connectivity index (χ0v) is 9.50. The van der Waals surface area contributed by atoms with Gasteiger partial charge < -0.3 is 5.73 Å². The Kier molecular flexibility index (Phi) is 3.07. The first-order chi connectivity index (χ1) is 7.57. The second kappa shape index (κ2) is 4.35. The molecule has 1 aliphatic rings. The second-order valence-corrected chi connectivity index (χ2v) is 4.53. The average molecular weight is 241 g/mol. The van der Waals surface area contributed by atoms with Crippen molar-refractivity contribution in [2.45, 2.75) is 31.2 Å². The number of nitrogens with one attached hydrogen (secondary N) is 1. The Balaban J connectivity index is 1.92. The van der Waals surface area contributed by atoms with E-state index in [4.69, 9.17) is 17.3 Å². The highest BCUT2D eigenvalue weighted by Crippen LogP contribution is 2.32. The summed E-state index contributed by atoms with van der Waals surface area (Å²) in [6, 6.07) is 1.55. The van der Waals surface area contributed by atoms with Crippen LogP contribution in [0.3, 0.4) is 0 Å². The predicted octanol–water partition coefficient (Wildman–Crippen LogP) is 1.34. The zero-order chi connectivity index (χ0) is 11.6. The van der Waals surface area contributed by atoms with Crippen LogP contribution in [0.4, 0.5) is 5.95 Å². The molecule has 1 aromatic rings. The lowest BCUT2D eigenvalue weighted by Gasteiger charge is -2.37. The fraction of sp³-hybridized carbons (Fsp3) is 0.500. The minimum atomic E-state index is -0.331. The normalized spacial score (nSPS) is 17.6. The first kappa shape index (κ1) is 11.3. The Bertz CT molecular complexity index is 406. The van der Waals surface area contributed by atoms with Crippen molar-refractivity contribution in [3.05, 3.63) is 17.4 Å². The van der Waals surface area contributed by atoms with Crippen LogP contribution in [0.25, 0.3) is 0 Å². The van der Waals surface area contributed by atoms with Crippen LogP contribution in [0, 0.1) is 0 Å².